The molecule has 0 aliphatic rings. The number of hydrogen-bond acceptors (Lipinski definition) is 6. The van der Waals surface area contributed by atoms with Gasteiger partial charge in [-0.25, -0.2) is 0 Å². The second-order valence-electron chi connectivity index (χ2n) is 2.46. The van der Waals surface area contributed by atoms with Gasteiger partial charge in [0.25, 0.3) is 0 Å². The maximum atomic E-state index is 10.3. The summed E-state index contributed by atoms with van der Waals surface area (Å²) in [6.45, 7) is 0. The van der Waals surface area contributed by atoms with Crippen molar-refractivity contribution < 1.29 is 19.8 Å². The van der Waals surface area contributed by atoms with Crippen LogP contribution in [0.4, 0.5) is 0 Å². The van der Waals surface area contributed by atoms with Crippen molar-refractivity contribution in [1.82, 2.24) is 0 Å². The Morgan fingerprint density at radius 2 is 1.19 bits per heavy atom. The first-order chi connectivity index (χ1) is 6.45. The fraction of sp³-hybridized carbons (Fsp3) is 0.667. The van der Waals surface area contributed by atoms with Crippen LogP contribution < -0.4 is 11.5 Å². The average molecular weight is 288 g/mol. The Balaban J connectivity index is -0.000000845. The van der Waals surface area contributed by atoms with Gasteiger partial charge in [0.1, 0.15) is 12.1 Å². The molecule has 0 amide bonds. The molecule has 86 valence electrons. The molecule has 0 saturated heterocycles. The van der Waals surface area contributed by atoms with Crippen LogP contribution in [0.1, 0.15) is 0 Å². The third-order valence-electron chi connectivity index (χ3n) is 1.21. The summed E-state index contributed by atoms with van der Waals surface area (Å²) in [5.74, 6) is -1.68. The molecule has 16 heavy (non-hydrogen) atoms. The van der Waals surface area contributed by atoms with Crippen molar-refractivity contribution in [2.24, 2.45) is 11.5 Å². The molecule has 2 unspecified atom stereocenters. The van der Waals surface area contributed by atoms with E-state index in [-0.39, 0.29) is 70.6 Å². The molecular weight excluding hydrogens is 274 g/mol. The molecule has 0 aromatic carbocycles. The summed E-state index contributed by atoms with van der Waals surface area (Å²) in [7, 11) is 2.41. The van der Waals surface area contributed by atoms with Crippen molar-refractivity contribution >= 4 is 92.6 Å². The summed E-state index contributed by atoms with van der Waals surface area (Å²) in [6.07, 6.45) is 0. The number of carboxylic acids is 2. The van der Waals surface area contributed by atoms with Crippen molar-refractivity contribution in [2.45, 2.75) is 12.1 Å². The Kier molecular flexibility index (Phi) is 18.5. The second kappa shape index (κ2) is 13.0. The van der Waals surface area contributed by atoms with Crippen LogP contribution in [-0.4, -0.2) is 105 Å². The maximum absolute atomic E-state index is 10.3. The van der Waals surface area contributed by atoms with Crippen molar-refractivity contribution in [3.63, 3.8) is 0 Å². The molecule has 0 rings (SSSR count). The standard InChI is InChI=1S/C6H12N2O4S2.2Na.2H/c7-3(5(9)10)1-13-14-2-4(8)6(11)12;;;;/h3-4H,1-2,7-8H2,(H,9,10)(H,11,12);;;;. The van der Waals surface area contributed by atoms with Crippen LogP contribution in [0.5, 0.6) is 0 Å². The molecule has 0 radical (unpaired) electrons. The fourth-order valence-corrected chi connectivity index (χ4v) is 2.61. The molecule has 0 aliphatic heterocycles. The van der Waals surface area contributed by atoms with Gasteiger partial charge in [-0.1, -0.05) is 21.6 Å². The summed E-state index contributed by atoms with van der Waals surface area (Å²) in [5, 5.41) is 16.8. The van der Waals surface area contributed by atoms with Crippen molar-refractivity contribution in [3.8, 4) is 0 Å². The van der Waals surface area contributed by atoms with Crippen LogP contribution in [0, 0.1) is 0 Å². The SMILES string of the molecule is NC(CSSCC(N)C(=O)O)C(=O)O.[NaH].[NaH]. The van der Waals surface area contributed by atoms with Gasteiger partial charge in [-0.05, 0) is 0 Å². The summed E-state index contributed by atoms with van der Waals surface area (Å²) in [5.41, 5.74) is 10.4. The minimum atomic E-state index is -1.07. The number of rotatable bonds is 7. The van der Waals surface area contributed by atoms with Crippen molar-refractivity contribution in [2.75, 3.05) is 11.5 Å². The van der Waals surface area contributed by atoms with Gasteiger partial charge in [-0.15, -0.1) is 0 Å². The van der Waals surface area contributed by atoms with Gasteiger partial charge in [0.15, 0.2) is 0 Å². The predicted molar refractivity (Wildman–Crippen MR) is 70.4 cm³/mol. The van der Waals surface area contributed by atoms with Crippen LogP contribution in [0.25, 0.3) is 0 Å². The zero-order chi connectivity index (χ0) is 11.1. The first kappa shape index (κ1) is 22.7. The van der Waals surface area contributed by atoms with E-state index in [9.17, 15) is 9.59 Å². The van der Waals surface area contributed by atoms with E-state index < -0.39 is 24.0 Å². The number of aliphatic carboxylic acids is 2. The molecule has 0 aromatic heterocycles. The van der Waals surface area contributed by atoms with E-state index in [4.69, 9.17) is 21.7 Å². The van der Waals surface area contributed by atoms with Gasteiger partial charge >= 0.3 is 71.1 Å². The number of nitrogens with two attached hydrogens (primary N) is 2. The van der Waals surface area contributed by atoms with E-state index in [1.807, 2.05) is 0 Å². The van der Waals surface area contributed by atoms with E-state index >= 15 is 0 Å². The molecule has 0 aromatic rings. The van der Waals surface area contributed by atoms with Crippen LogP contribution in [0.3, 0.4) is 0 Å². The van der Waals surface area contributed by atoms with Gasteiger partial charge in [-0.3, -0.25) is 9.59 Å². The molecule has 2 atom stereocenters. The van der Waals surface area contributed by atoms with E-state index in [1.54, 1.807) is 0 Å². The van der Waals surface area contributed by atoms with Crippen LogP contribution >= 0.6 is 21.6 Å². The Hall–Kier alpha value is 1.56. The summed E-state index contributed by atoms with van der Waals surface area (Å²) < 4.78 is 0. The molecule has 0 fully saturated rings. The monoisotopic (exact) mass is 288 g/mol. The molecule has 6 nitrogen and oxygen atoms in total. The molecule has 0 aliphatic carbocycles. The summed E-state index contributed by atoms with van der Waals surface area (Å²) in [6, 6.07) is -1.85. The first-order valence-electron chi connectivity index (χ1n) is 3.66. The molecule has 0 saturated carbocycles. The topological polar surface area (TPSA) is 127 Å². The Labute approximate surface area is 146 Å². The third-order valence-corrected chi connectivity index (χ3v) is 3.69. The molecule has 0 spiro atoms. The van der Waals surface area contributed by atoms with E-state index in [1.165, 1.54) is 21.6 Å². The van der Waals surface area contributed by atoms with E-state index in [2.05, 4.69) is 0 Å². The molecule has 0 bridgehead atoms. The molecular formula is C6H14N2Na2O4S2. The fourth-order valence-electron chi connectivity index (χ4n) is 0.385. The normalized spacial score (nSPS) is 12.9. The van der Waals surface area contributed by atoms with Gasteiger partial charge < -0.3 is 21.7 Å². The first-order valence-corrected chi connectivity index (χ1v) is 6.15. The van der Waals surface area contributed by atoms with Crippen LogP contribution in [-0.2, 0) is 9.59 Å². The molecule has 10 heteroatoms. The third kappa shape index (κ3) is 12.0. The minimum absolute atomic E-state index is 0. The van der Waals surface area contributed by atoms with Crippen LogP contribution in [0.2, 0.25) is 0 Å². The quantitative estimate of drug-likeness (QED) is 0.238. The summed E-state index contributed by atoms with van der Waals surface area (Å²) >= 11 is 0. The average Bonchev–Trinajstić information content (AvgIpc) is 2.11. The zero-order valence-electron chi connectivity index (χ0n) is 7.25. The Morgan fingerprint density at radius 3 is 1.38 bits per heavy atom. The van der Waals surface area contributed by atoms with Gasteiger partial charge in [-0.2, -0.15) is 0 Å². The predicted octanol–water partition coefficient (Wildman–Crippen LogP) is -2.11. The van der Waals surface area contributed by atoms with Crippen molar-refractivity contribution in [1.29, 1.82) is 0 Å². The van der Waals surface area contributed by atoms with Crippen LogP contribution in [0.15, 0.2) is 0 Å². The Bertz CT molecular complexity index is 201. The van der Waals surface area contributed by atoms with E-state index in [0.29, 0.717) is 0 Å². The van der Waals surface area contributed by atoms with E-state index in [0.717, 1.165) is 0 Å². The molecule has 0 heterocycles. The second-order valence-corrected chi connectivity index (χ2v) is 5.01. The number of hydrogen-bond donors (Lipinski definition) is 4. The summed E-state index contributed by atoms with van der Waals surface area (Å²) in [4.78, 5) is 20.5. The number of carboxylic acid groups (broad SMARTS) is 2. The van der Waals surface area contributed by atoms with Gasteiger partial charge in [0.2, 0.25) is 0 Å². The number of carbonyl (C=O) groups is 2. The zero-order valence-corrected chi connectivity index (χ0v) is 8.88. The van der Waals surface area contributed by atoms with Gasteiger partial charge in [0, 0.05) is 11.5 Å². The Morgan fingerprint density at radius 1 is 0.938 bits per heavy atom. The van der Waals surface area contributed by atoms with Gasteiger partial charge in [0.05, 0.1) is 0 Å². The van der Waals surface area contributed by atoms with Crippen molar-refractivity contribution in [3.05, 3.63) is 0 Å². The molecule has 6 N–H and O–H groups in total.